The van der Waals surface area contributed by atoms with Gasteiger partial charge in [-0.3, -0.25) is 14.2 Å². The van der Waals surface area contributed by atoms with Crippen LogP contribution in [0, 0.1) is 5.92 Å². The Hall–Kier alpha value is -2.80. The minimum Gasteiger partial charge on any atom is -0.493 e. The van der Waals surface area contributed by atoms with Crippen LogP contribution >= 0.6 is 8.46 Å². The van der Waals surface area contributed by atoms with Crippen molar-refractivity contribution < 1.29 is 37.8 Å². The summed E-state index contributed by atoms with van der Waals surface area (Å²) < 4.78 is 39.2. The number of rotatable bonds is 17. The Bertz CT molecular complexity index is 1040. The fraction of sp³-hybridized carbons (Fsp3) is 0.517. The van der Waals surface area contributed by atoms with Crippen LogP contribution in [-0.4, -0.2) is 57.2 Å². The predicted molar refractivity (Wildman–Crippen MR) is 146 cm³/mol. The second-order valence-corrected chi connectivity index (χ2v) is 10.3. The number of hydrogen-bond acceptors (Lipinski definition) is 8. The van der Waals surface area contributed by atoms with Gasteiger partial charge in [0.1, 0.15) is 12.4 Å². The van der Waals surface area contributed by atoms with Gasteiger partial charge in [-0.1, -0.05) is 36.4 Å². The summed E-state index contributed by atoms with van der Waals surface area (Å²) in [7, 11) is 1.52. The highest BCUT2D eigenvalue weighted by Gasteiger charge is 2.26. The first-order chi connectivity index (χ1) is 18.2. The van der Waals surface area contributed by atoms with Crippen LogP contribution in [0.5, 0.6) is 5.75 Å². The van der Waals surface area contributed by atoms with E-state index in [9.17, 15) is 14.2 Å². The minimum absolute atomic E-state index is 0.0351. The van der Waals surface area contributed by atoms with Gasteiger partial charge in [-0.25, -0.2) is 0 Å². The maximum absolute atomic E-state index is 12.9. The molecule has 1 atom stereocenters. The summed E-state index contributed by atoms with van der Waals surface area (Å²) in [5.41, 5.74) is 1.15. The Labute approximate surface area is 227 Å². The number of carbonyl (C=O) groups is 2. The lowest BCUT2D eigenvalue weighted by molar-refractivity contribution is -0.157. The van der Waals surface area contributed by atoms with Crippen LogP contribution < -0.4 is 10.0 Å². The number of para-hydroxylation sites is 1. The van der Waals surface area contributed by atoms with Crippen molar-refractivity contribution in [1.29, 1.82) is 0 Å². The summed E-state index contributed by atoms with van der Waals surface area (Å²) in [5.74, 6) is -1.13. The van der Waals surface area contributed by atoms with Crippen LogP contribution in [0.4, 0.5) is 0 Å². The molecule has 8 nitrogen and oxygen atoms in total. The van der Waals surface area contributed by atoms with E-state index in [1.54, 1.807) is 13.2 Å². The number of hydrogen-bond donors (Lipinski definition) is 0. The SMILES string of the molecule is COC(C)(C)CCOC(=O)C(CCOc1ccccc1-c1ccccc1P=O)CC(=O)OCCOC(C)C. The fourth-order valence-corrected chi connectivity index (χ4v) is 3.97. The third-order valence-electron chi connectivity index (χ3n) is 5.95. The Kier molecular flexibility index (Phi) is 13.4. The molecule has 0 bridgehead atoms. The van der Waals surface area contributed by atoms with E-state index in [1.165, 1.54) is 0 Å². The third kappa shape index (κ3) is 10.9. The van der Waals surface area contributed by atoms with Crippen molar-refractivity contribution in [3.8, 4) is 16.9 Å². The molecule has 2 aromatic rings. The Morgan fingerprint density at radius 3 is 2.26 bits per heavy atom. The average Bonchev–Trinajstić information content (AvgIpc) is 2.90. The van der Waals surface area contributed by atoms with Gasteiger partial charge in [-0.2, -0.15) is 0 Å². The maximum Gasteiger partial charge on any atom is 0.309 e. The van der Waals surface area contributed by atoms with Crippen molar-refractivity contribution in [3.05, 3.63) is 48.5 Å². The van der Waals surface area contributed by atoms with Gasteiger partial charge in [0.15, 0.2) is 8.46 Å². The van der Waals surface area contributed by atoms with E-state index >= 15 is 0 Å². The van der Waals surface area contributed by atoms with Crippen molar-refractivity contribution in [3.63, 3.8) is 0 Å². The first-order valence-electron chi connectivity index (χ1n) is 12.8. The maximum atomic E-state index is 12.9. The molecule has 0 aliphatic heterocycles. The van der Waals surface area contributed by atoms with Crippen LogP contribution in [0.15, 0.2) is 48.5 Å². The standard InChI is InChI=1S/C29H39O8P/c1-21(2)34-18-19-36-27(30)20-22(28(31)37-17-15-29(3,4)33-5)14-16-35-25-12-8-6-10-23(25)24-11-7-9-13-26(24)38-32/h6-13,21-22H,14-20H2,1-5H3. The zero-order chi connectivity index (χ0) is 28.0. The number of methoxy groups -OCH3 is 1. The van der Waals surface area contributed by atoms with Gasteiger partial charge in [0, 0.05) is 24.7 Å². The van der Waals surface area contributed by atoms with Gasteiger partial charge in [0.2, 0.25) is 0 Å². The van der Waals surface area contributed by atoms with Gasteiger partial charge >= 0.3 is 11.9 Å². The van der Waals surface area contributed by atoms with E-state index in [2.05, 4.69) is 0 Å². The Morgan fingerprint density at radius 2 is 1.58 bits per heavy atom. The molecular formula is C29H39O8P. The molecule has 2 rings (SSSR count). The second kappa shape index (κ2) is 16.2. The van der Waals surface area contributed by atoms with E-state index in [0.29, 0.717) is 17.5 Å². The van der Waals surface area contributed by atoms with Crippen LogP contribution in [-0.2, 0) is 33.1 Å². The summed E-state index contributed by atoms with van der Waals surface area (Å²) in [4.78, 5) is 25.3. The number of carbonyl (C=O) groups excluding carboxylic acids is 2. The van der Waals surface area contributed by atoms with Crippen molar-refractivity contribution >= 4 is 25.7 Å². The van der Waals surface area contributed by atoms with Crippen molar-refractivity contribution in [2.24, 2.45) is 5.92 Å². The van der Waals surface area contributed by atoms with Crippen molar-refractivity contribution in [2.45, 2.75) is 58.7 Å². The van der Waals surface area contributed by atoms with Gasteiger partial charge in [0.05, 0.1) is 49.2 Å². The van der Waals surface area contributed by atoms with E-state index in [4.69, 9.17) is 23.7 Å². The lowest BCUT2D eigenvalue weighted by atomic mass is 10.0. The summed E-state index contributed by atoms with van der Waals surface area (Å²) in [6.45, 7) is 8.35. The number of benzene rings is 2. The molecule has 0 heterocycles. The molecule has 0 spiro atoms. The van der Waals surface area contributed by atoms with Gasteiger partial charge in [0.25, 0.3) is 0 Å². The van der Waals surface area contributed by atoms with Crippen molar-refractivity contribution in [2.75, 3.05) is 33.5 Å². The van der Waals surface area contributed by atoms with Crippen LogP contribution in [0.2, 0.25) is 0 Å². The lowest BCUT2D eigenvalue weighted by Gasteiger charge is -2.23. The van der Waals surface area contributed by atoms with Crippen LogP contribution in [0.25, 0.3) is 11.1 Å². The van der Waals surface area contributed by atoms with Gasteiger partial charge < -0.3 is 23.7 Å². The molecule has 0 amide bonds. The Morgan fingerprint density at radius 1 is 0.895 bits per heavy atom. The van der Waals surface area contributed by atoms with Crippen LogP contribution in [0.3, 0.4) is 0 Å². The fourth-order valence-electron chi connectivity index (χ4n) is 3.53. The van der Waals surface area contributed by atoms with E-state index < -0.39 is 23.5 Å². The predicted octanol–water partition coefficient (Wildman–Crippen LogP) is 5.37. The van der Waals surface area contributed by atoms with E-state index in [-0.39, 0.29) is 53.8 Å². The minimum atomic E-state index is -0.737. The molecule has 0 N–H and O–H groups in total. The molecule has 2 aromatic carbocycles. The van der Waals surface area contributed by atoms with Crippen molar-refractivity contribution in [1.82, 2.24) is 0 Å². The molecule has 0 aliphatic carbocycles. The smallest absolute Gasteiger partial charge is 0.309 e. The molecule has 0 saturated carbocycles. The topological polar surface area (TPSA) is 97.4 Å². The normalized spacial score (nSPS) is 12.4. The highest BCUT2D eigenvalue weighted by atomic mass is 31.1. The Balaban J connectivity index is 2.05. The molecule has 208 valence electrons. The largest absolute Gasteiger partial charge is 0.493 e. The number of esters is 2. The summed E-state index contributed by atoms with van der Waals surface area (Å²) in [5, 5.41) is 0.646. The molecule has 0 radical (unpaired) electrons. The summed E-state index contributed by atoms with van der Waals surface area (Å²) >= 11 is 0. The quantitative estimate of drug-likeness (QED) is 0.148. The molecule has 1 unspecified atom stereocenters. The first-order valence-corrected chi connectivity index (χ1v) is 13.6. The highest BCUT2D eigenvalue weighted by molar-refractivity contribution is 7.34. The molecular weight excluding hydrogens is 507 g/mol. The van der Waals surface area contributed by atoms with Gasteiger partial charge in [-0.05, 0) is 46.2 Å². The second-order valence-electron chi connectivity index (χ2n) is 9.66. The average molecular weight is 547 g/mol. The molecule has 0 fully saturated rings. The summed E-state index contributed by atoms with van der Waals surface area (Å²) in [6.07, 6.45) is 0.672. The molecule has 0 saturated heterocycles. The zero-order valence-electron chi connectivity index (χ0n) is 22.9. The lowest BCUT2D eigenvalue weighted by Crippen LogP contribution is -2.28. The number of ether oxygens (including phenoxy) is 5. The zero-order valence-corrected chi connectivity index (χ0v) is 23.8. The molecule has 38 heavy (non-hydrogen) atoms. The first kappa shape index (κ1) is 31.4. The van der Waals surface area contributed by atoms with E-state index in [1.807, 2.05) is 70.2 Å². The molecule has 0 aliphatic rings. The molecule has 9 heteroatoms. The highest BCUT2D eigenvalue weighted by Crippen LogP contribution is 2.30. The molecule has 0 aromatic heterocycles. The summed E-state index contributed by atoms with van der Waals surface area (Å²) in [6, 6.07) is 14.8. The third-order valence-corrected chi connectivity index (χ3v) is 6.54. The monoisotopic (exact) mass is 546 g/mol. The van der Waals surface area contributed by atoms with Gasteiger partial charge in [-0.15, -0.1) is 0 Å². The van der Waals surface area contributed by atoms with E-state index in [0.717, 1.165) is 11.1 Å². The van der Waals surface area contributed by atoms with Crippen LogP contribution in [0.1, 0.15) is 47.0 Å².